The molecule has 0 saturated heterocycles. The summed E-state index contributed by atoms with van der Waals surface area (Å²) in [4.78, 5) is 21.1. The van der Waals surface area contributed by atoms with Gasteiger partial charge in [0.2, 0.25) is 5.91 Å². The molecule has 0 aliphatic heterocycles. The number of anilines is 1. The van der Waals surface area contributed by atoms with Gasteiger partial charge in [0.25, 0.3) is 0 Å². The van der Waals surface area contributed by atoms with Crippen molar-refractivity contribution >= 4 is 33.7 Å². The van der Waals surface area contributed by atoms with E-state index in [4.69, 9.17) is 10.7 Å². The molecule has 0 bridgehead atoms. The van der Waals surface area contributed by atoms with E-state index in [2.05, 4.69) is 20.9 Å². The van der Waals surface area contributed by atoms with E-state index < -0.39 is 0 Å². The Balaban J connectivity index is 1.90. The van der Waals surface area contributed by atoms with Crippen molar-refractivity contribution < 1.29 is 4.79 Å². The fourth-order valence-corrected chi connectivity index (χ4v) is 4.39. The van der Waals surface area contributed by atoms with Crippen LogP contribution in [0.15, 0.2) is 24.3 Å². The van der Waals surface area contributed by atoms with Crippen molar-refractivity contribution in [3.8, 4) is 0 Å². The number of nitrogens with zero attached hydrogens (tertiary/aromatic N) is 3. The fourth-order valence-electron chi connectivity index (χ4n) is 4.39. The molecule has 136 valence electrons. The Morgan fingerprint density at radius 1 is 1.23 bits per heavy atom. The monoisotopic (exact) mass is 351 g/mol. The van der Waals surface area contributed by atoms with Crippen LogP contribution < -0.4 is 11.1 Å². The highest BCUT2D eigenvalue weighted by Gasteiger charge is 2.34. The lowest BCUT2D eigenvalue weighted by atomic mass is 9.81. The van der Waals surface area contributed by atoms with Crippen molar-refractivity contribution in [1.82, 2.24) is 19.9 Å². The van der Waals surface area contributed by atoms with E-state index in [1.165, 1.54) is 6.42 Å². The van der Waals surface area contributed by atoms with Crippen molar-refractivity contribution in [2.24, 2.45) is 0 Å². The molecule has 0 spiro atoms. The molecule has 1 amide bonds. The summed E-state index contributed by atoms with van der Waals surface area (Å²) in [7, 11) is 0. The van der Waals surface area contributed by atoms with Crippen LogP contribution in [0, 0.1) is 6.92 Å². The number of fused-ring (bicyclic) bond motifs is 3. The van der Waals surface area contributed by atoms with Crippen LogP contribution in [0.2, 0.25) is 0 Å². The lowest BCUT2D eigenvalue weighted by Gasteiger charge is -2.38. The zero-order valence-electron chi connectivity index (χ0n) is 15.4. The molecule has 26 heavy (non-hydrogen) atoms. The van der Waals surface area contributed by atoms with Crippen LogP contribution in [-0.4, -0.2) is 26.0 Å². The average molecular weight is 351 g/mol. The second kappa shape index (κ2) is 6.27. The normalized spacial score (nSPS) is 16.8. The van der Waals surface area contributed by atoms with Gasteiger partial charge in [-0.3, -0.25) is 4.79 Å². The molecule has 3 N–H and O–H groups in total. The largest absolute Gasteiger partial charge is 0.382 e. The smallest absolute Gasteiger partial charge is 0.217 e. The Morgan fingerprint density at radius 2 is 1.96 bits per heavy atom. The van der Waals surface area contributed by atoms with Crippen LogP contribution in [0.4, 0.5) is 5.82 Å². The second-order valence-electron chi connectivity index (χ2n) is 7.48. The van der Waals surface area contributed by atoms with Gasteiger partial charge in [-0.1, -0.05) is 37.5 Å². The molecular formula is C20H25N5O. The first-order chi connectivity index (χ1) is 12.5. The van der Waals surface area contributed by atoms with E-state index >= 15 is 0 Å². The second-order valence-corrected chi connectivity index (χ2v) is 7.48. The number of nitrogens with one attached hydrogen (secondary N) is 1. The van der Waals surface area contributed by atoms with Gasteiger partial charge in [-0.05, 0) is 25.8 Å². The van der Waals surface area contributed by atoms with Gasteiger partial charge in [0, 0.05) is 18.9 Å². The van der Waals surface area contributed by atoms with E-state index in [-0.39, 0.29) is 11.4 Å². The van der Waals surface area contributed by atoms with Crippen molar-refractivity contribution in [2.45, 2.75) is 58.0 Å². The van der Waals surface area contributed by atoms with Crippen molar-refractivity contribution in [3.63, 3.8) is 0 Å². The summed E-state index contributed by atoms with van der Waals surface area (Å²) in [6, 6.07) is 8.01. The minimum atomic E-state index is -0.221. The van der Waals surface area contributed by atoms with E-state index in [1.807, 2.05) is 25.1 Å². The summed E-state index contributed by atoms with van der Waals surface area (Å²) in [5.41, 5.74) is 8.61. The van der Waals surface area contributed by atoms with E-state index in [0.29, 0.717) is 12.4 Å². The molecule has 3 aromatic rings. The van der Waals surface area contributed by atoms with Gasteiger partial charge < -0.3 is 15.6 Å². The standard InChI is InChI=1S/C20H25N5O/c1-13-22-17-18(15-8-4-5-9-16(15)23-19(17)21)25(13)12-20(24-14(2)26)10-6-3-7-11-20/h4-5,8-9H,3,6-7,10-12H2,1-2H3,(H2,21,23)(H,24,26). The number of imidazole rings is 1. The van der Waals surface area contributed by atoms with E-state index in [9.17, 15) is 4.79 Å². The topological polar surface area (TPSA) is 85.8 Å². The van der Waals surface area contributed by atoms with Gasteiger partial charge in [0.05, 0.1) is 16.6 Å². The maximum atomic E-state index is 11.9. The zero-order chi connectivity index (χ0) is 18.3. The third-order valence-electron chi connectivity index (χ3n) is 5.51. The molecule has 0 radical (unpaired) electrons. The third kappa shape index (κ3) is 2.79. The number of amides is 1. The molecule has 2 aromatic heterocycles. The van der Waals surface area contributed by atoms with Crippen molar-refractivity contribution in [1.29, 1.82) is 0 Å². The number of hydrogen-bond donors (Lipinski definition) is 2. The van der Waals surface area contributed by atoms with Gasteiger partial charge in [0.1, 0.15) is 11.3 Å². The summed E-state index contributed by atoms with van der Waals surface area (Å²) in [5, 5.41) is 4.30. The Bertz CT molecular complexity index is 985. The van der Waals surface area contributed by atoms with Crippen molar-refractivity contribution in [3.05, 3.63) is 30.1 Å². The quantitative estimate of drug-likeness (QED) is 0.758. The minimum absolute atomic E-state index is 0.0278. The fraction of sp³-hybridized carbons (Fsp3) is 0.450. The summed E-state index contributed by atoms with van der Waals surface area (Å²) < 4.78 is 2.22. The number of carbonyl (C=O) groups is 1. The molecule has 1 fully saturated rings. The SMILES string of the molecule is CC(=O)NC1(Cn2c(C)nc3c(N)nc4ccccc4c32)CCCCC1. The molecule has 6 nitrogen and oxygen atoms in total. The van der Waals surface area contributed by atoms with Gasteiger partial charge >= 0.3 is 0 Å². The van der Waals surface area contributed by atoms with Crippen molar-refractivity contribution in [2.75, 3.05) is 5.73 Å². The maximum Gasteiger partial charge on any atom is 0.217 e. The average Bonchev–Trinajstić information content (AvgIpc) is 2.92. The number of rotatable bonds is 3. The summed E-state index contributed by atoms with van der Waals surface area (Å²) in [5.74, 6) is 1.39. The van der Waals surface area contributed by atoms with Gasteiger partial charge in [-0.2, -0.15) is 0 Å². The van der Waals surface area contributed by atoms with Crippen LogP contribution in [-0.2, 0) is 11.3 Å². The molecule has 2 heterocycles. The van der Waals surface area contributed by atoms with E-state index in [1.54, 1.807) is 6.92 Å². The summed E-state index contributed by atoms with van der Waals surface area (Å²) >= 11 is 0. The molecule has 1 aromatic carbocycles. The summed E-state index contributed by atoms with van der Waals surface area (Å²) in [6.45, 7) is 4.31. The molecule has 1 saturated carbocycles. The third-order valence-corrected chi connectivity index (χ3v) is 5.51. The van der Waals surface area contributed by atoms with Gasteiger partial charge in [-0.25, -0.2) is 9.97 Å². The predicted octanol–water partition coefficient (Wildman–Crippen LogP) is 3.31. The molecule has 1 aliphatic carbocycles. The highest BCUT2D eigenvalue weighted by atomic mass is 16.1. The number of para-hydroxylation sites is 1. The first-order valence-corrected chi connectivity index (χ1v) is 9.29. The first-order valence-electron chi connectivity index (χ1n) is 9.29. The molecule has 1 aliphatic rings. The molecule has 0 unspecified atom stereocenters. The van der Waals surface area contributed by atoms with Crippen LogP contribution in [0.25, 0.3) is 21.9 Å². The number of nitrogens with two attached hydrogens (primary N) is 1. The van der Waals surface area contributed by atoms with Gasteiger partial charge in [0.15, 0.2) is 5.82 Å². The number of hydrogen-bond acceptors (Lipinski definition) is 4. The highest BCUT2D eigenvalue weighted by molar-refractivity contribution is 6.06. The van der Waals surface area contributed by atoms with Gasteiger partial charge in [-0.15, -0.1) is 0 Å². The maximum absolute atomic E-state index is 11.9. The van der Waals surface area contributed by atoms with Crippen LogP contribution in [0.3, 0.4) is 0 Å². The van der Waals surface area contributed by atoms with Crippen LogP contribution in [0.1, 0.15) is 44.9 Å². The highest BCUT2D eigenvalue weighted by Crippen LogP contribution is 2.34. The molecule has 6 heteroatoms. The number of nitrogen functional groups attached to an aromatic ring is 1. The number of aromatic nitrogens is 3. The first kappa shape index (κ1) is 16.8. The summed E-state index contributed by atoms with van der Waals surface area (Å²) in [6.07, 6.45) is 5.48. The molecular weight excluding hydrogens is 326 g/mol. The minimum Gasteiger partial charge on any atom is -0.382 e. The number of benzene rings is 1. The Kier molecular flexibility index (Phi) is 4.05. The Morgan fingerprint density at radius 3 is 2.69 bits per heavy atom. The van der Waals surface area contributed by atoms with Crippen LogP contribution >= 0.6 is 0 Å². The zero-order valence-corrected chi connectivity index (χ0v) is 15.4. The predicted molar refractivity (Wildman–Crippen MR) is 104 cm³/mol. The molecule has 0 atom stereocenters. The number of aryl methyl sites for hydroxylation is 1. The van der Waals surface area contributed by atoms with Crippen LogP contribution in [0.5, 0.6) is 0 Å². The lowest BCUT2D eigenvalue weighted by molar-refractivity contribution is -0.121. The number of carbonyl (C=O) groups excluding carboxylic acids is 1. The Hall–Kier alpha value is -2.63. The van der Waals surface area contributed by atoms with E-state index in [0.717, 1.165) is 53.4 Å². The Labute approximate surface area is 152 Å². The lowest BCUT2D eigenvalue weighted by Crippen LogP contribution is -2.52. The number of pyridine rings is 1. The molecule has 4 rings (SSSR count).